The predicted molar refractivity (Wildman–Crippen MR) is 162 cm³/mol. The number of nitrogens with zero attached hydrogens (tertiary/aromatic N) is 2. The summed E-state index contributed by atoms with van der Waals surface area (Å²) in [4.78, 5) is 42.7. The molecule has 0 radical (unpaired) electrons. The first kappa shape index (κ1) is 30.0. The van der Waals surface area contributed by atoms with Gasteiger partial charge in [-0.3, -0.25) is 14.4 Å². The zero-order chi connectivity index (χ0) is 29.6. The highest BCUT2D eigenvalue weighted by molar-refractivity contribution is 7.09. The first-order valence-corrected chi connectivity index (χ1v) is 15.6. The van der Waals surface area contributed by atoms with Crippen molar-refractivity contribution in [1.82, 2.24) is 19.9 Å². The highest BCUT2D eigenvalue weighted by Gasteiger charge is 2.36. The van der Waals surface area contributed by atoms with E-state index in [1.165, 1.54) is 29.2 Å². The smallest absolute Gasteiger partial charge is 0.273 e. The molecule has 3 amide bonds. The average molecular weight is 612 g/mol. The fourth-order valence-electron chi connectivity index (χ4n) is 5.80. The van der Waals surface area contributed by atoms with Gasteiger partial charge in [0.25, 0.3) is 11.8 Å². The number of carbonyl (C=O) groups excluding carboxylic acids is 3. The van der Waals surface area contributed by atoms with E-state index in [-0.39, 0.29) is 40.8 Å². The first-order valence-electron chi connectivity index (χ1n) is 14.5. The van der Waals surface area contributed by atoms with Gasteiger partial charge in [-0.05, 0) is 66.5 Å². The first-order chi connectivity index (χ1) is 20.3. The lowest BCUT2D eigenvalue weighted by atomic mass is 9.95. The number of nitrogens with two attached hydrogens (primary N) is 1. The second-order valence-corrected chi connectivity index (χ2v) is 12.2. The van der Waals surface area contributed by atoms with Gasteiger partial charge in [-0.25, -0.2) is 4.39 Å². The number of nitrogen functional groups attached to an aromatic ring is 1. The number of aromatic nitrogens is 1. The van der Waals surface area contributed by atoms with Crippen molar-refractivity contribution in [3.05, 3.63) is 81.1 Å². The summed E-state index contributed by atoms with van der Waals surface area (Å²) in [7, 11) is 0. The van der Waals surface area contributed by atoms with Crippen LogP contribution in [-0.4, -0.2) is 39.1 Å². The number of hydrogen-bond acceptors (Lipinski definition) is 6. The van der Waals surface area contributed by atoms with Crippen LogP contribution in [0.3, 0.4) is 0 Å². The minimum Gasteiger partial charge on any atom is -0.395 e. The van der Waals surface area contributed by atoms with Crippen LogP contribution in [0, 0.1) is 5.82 Å². The van der Waals surface area contributed by atoms with Crippen molar-refractivity contribution in [3.63, 3.8) is 0 Å². The molecule has 222 valence electrons. The average Bonchev–Trinajstić information content (AvgIpc) is 3.64. The van der Waals surface area contributed by atoms with Gasteiger partial charge in [-0.2, -0.15) is 4.37 Å². The Bertz CT molecular complexity index is 1420. The summed E-state index contributed by atoms with van der Waals surface area (Å²) < 4.78 is 18.2. The fourth-order valence-corrected chi connectivity index (χ4v) is 6.75. The molecule has 1 heterocycles. The molecular weight excluding hydrogens is 577 g/mol. The second-order valence-electron chi connectivity index (χ2n) is 11.1. The lowest BCUT2D eigenvalue weighted by molar-refractivity contribution is -0.126. The molecule has 8 nitrogen and oxygen atoms in total. The molecule has 1 aromatic heterocycles. The molecule has 1 unspecified atom stereocenters. The van der Waals surface area contributed by atoms with Crippen LogP contribution in [0.5, 0.6) is 0 Å². The van der Waals surface area contributed by atoms with Crippen LogP contribution in [0.15, 0.2) is 48.5 Å². The highest BCUT2D eigenvalue weighted by Crippen LogP contribution is 2.32. The topological polar surface area (TPSA) is 117 Å². The Morgan fingerprint density at radius 2 is 1.57 bits per heavy atom. The van der Waals surface area contributed by atoms with Gasteiger partial charge in [-0.1, -0.05) is 74.0 Å². The largest absolute Gasteiger partial charge is 0.395 e. The van der Waals surface area contributed by atoms with Gasteiger partial charge in [0.2, 0.25) is 5.91 Å². The molecular formula is C31H35ClFN5O3S. The van der Waals surface area contributed by atoms with E-state index in [9.17, 15) is 18.8 Å². The maximum atomic E-state index is 14.3. The van der Waals surface area contributed by atoms with Crippen molar-refractivity contribution < 1.29 is 18.8 Å². The third-order valence-corrected chi connectivity index (χ3v) is 9.30. The minimum absolute atomic E-state index is 0.000330. The van der Waals surface area contributed by atoms with Crippen LogP contribution in [0.1, 0.15) is 95.1 Å². The molecule has 2 aromatic carbocycles. The molecule has 11 heteroatoms. The Hall–Kier alpha value is -3.50. The summed E-state index contributed by atoms with van der Waals surface area (Å²) in [5.74, 6) is -1.83. The number of amides is 3. The maximum absolute atomic E-state index is 14.3. The Morgan fingerprint density at radius 1 is 0.952 bits per heavy atom. The summed E-state index contributed by atoms with van der Waals surface area (Å²) in [6.07, 6.45) is 8.75. The van der Waals surface area contributed by atoms with Gasteiger partial charge in [-0.15, -0.1) is 0 Å². The molecule has 2 aliphatic rings. The zero-order valence-electron chi connectivity index (χ0n) is 23.3. The summed E-state index contributed by atoms with van der Waals surface area (Å²) in [5.41, 5.74) is 7.42. The summed E-state index contributed by atoms with van der Waals surface area (Å²) in [6, 6.07) is 11.5. The summed E-state index contributed by atoms with van der Waals surface area (Å²) in [5, 5.41) is 6.52. The van der Waals surface area contributed by atoms with E-state index >= 15 is 0 Å². The maximum Gasteiger partial charge on any atom is 0.273 e. The molecule has 0 aliphatic heterocycles. The van der Waals surface area contributed by atoms with Gasteiger partial charge in [0.05, 0.1) is 5.69 Å². The van der Waals surface area contributed by atoms with Gasteiger partial charge < -0.3 is 21.3 Å². The van der Waals surface area contributed by atoms with Crippen molar-refractivity contribution in [2.24, 2.45) is 0 Å². The molecule has 0 spiro atoms. The van der Waals surface area contributed by atoms with Crippen molar-refractivity contribution in [3.8, 4) is 0 Å². The van der Waals surface area contributed by atoms with Crippen LogP contribution in [0.4, 0.5) is 10.1 Å². The normalized spacial score (nSPS) is 16.6. The van der Waals surface area contributed by atoms with Crippen molar-refractivity contribution >= 4 is 46.5 Å². The number of hydrogen-bond donors (Lipinski definition) is 3. The van der Waals surface area contributed by atoms with E-state index in [2.05, 4.69) is 15.0 Å². The highest BCUT2D eigenvalue weighted by atomic mass is 35.5. The lowest BCUT2D eigenvalue weighted by Gasteiger charge is -2.32. The third kappa shape index (κ3) is 6.93. The molecule has 0 bridgehead atoms. The van der Waals surface area contributed by atoms with Gasteiger partial charge in [0.1, 0.15) is 16.7 Å². The summed E-state index contributed by atoms with van der Waals surface area (Å²) in [6.45, 7) is -0.0282. The molecule has 2 saturated carbocycles. The SMILES string of the molecule is Nc1c(C(=O)NC2CCCCC2)nsc1C(=O)N(Cc1ccccc1Cl)C(C(=O)NC1CCCC1)c1ccc(F)cc1. The van der Waals surface area contributed by atoms with E-state index in [1.807, 2.05) is 0 Å². The minimum atomic E-state index is -1.11. The number of halogens is 2. The molecule has 1 atom stereocenters. The molecule has 3 aromatic rings. The Kier molecular flexibility index (Phi) is 9.74. The number of carbonyl (C=O) groups is 3. The summed E-state index contributed by atoms with van der Waals surface area (Å²) >= 11 is 7.33. The third-order valence-electron chi connectivity index (χ3n) is 8.08. The van der Waals surface area contributed by atoms with Crippen LogP contribution >= 0.6 is 23.1 Å². The molecule has 42 heavy (non-hydrogen) atoms. The van der Waals surface area contributed by atoms with Crippen molar-refractivity contribution in [1.29, 1.82) is 0 Å². The predicted octanol–water partition coefficient (Wildman–Crippen LogP) is 6.02. The lowest BCUT2D eigenvalue weighted by Crippen LogP contribution is -2.46. The Balaban J connectivity index is 1.51. The number of anilines is 1. The van der Waals surface area contributed by atoms with E-state index in [4.69, 9.17) is 17.3 Å². The van der Waals surface area contributed by atoms with Crippen molar-refractivity contribution in [2.45, 2.75) is 82.5 Å². The van der Waals surface area contributed by atoms with Gasteiger partial charge in [0.15, 0.2) is 5.69 Å². The molecule has 2 aliphatic carbocycles. The standard InChI is InChI=1S/C31H35ClFN5O3S/c32-24-13-7-4-8-20(24)18-38(27(19-14-16-21(33)17-15-19)30(40)36-23-11-5-6-12-23)31(41)28-25(34)26(37-42-28)29(39)35-22-9-2-1-3-10-22/h4,7-8,13-17,22-23,27H,1-3,5-6,9-12,18,34H2,(H,35,39)(H,36,40). The van der Waals surface area contributed by atoms with Gasteiger partial charge in [0, 0.05) is 23.7 Å². The molecule has 0 saturated heterocycles. The quantitative estimate of drug-likeness (QED) is 0.273. The second kappa shape index (κ2) is 13.6. The van der Waals surface area contributed by atoms with Gasteiger partial charge >= 0.3 is 0 Å². The van der Waals surface area contributed by atoms with E-state index < -0.39 is 23.7 Å². The number of nitrogens with one attached hydrogen (secondary N) is 2. The number of benzene rings is 2. The Morgan fingerprint density at radius 3 is 2.24 bits per heavy atom. The molecule has 5 rings (SSSR count). The van der Waals surface area contributed by atoms with Crippen LogP contribution < -0.4 is 16.4 Å². The number of rotatable bonds is 9. The van der Waals surface area contributed by atoms with Crippen LogP contribution in [0.2, 0.25) is 5.02 Å². The van der Waals surface area contributed by atoms with Crippen molar-refractivity contribution in [2.75, 3.05) is 5.73 Å². The zero-order valence-corrected chi connectivity index (χ0v) is 24.9. The monoisotopic (exact) mass is 611 g/mol. The molecule has 4 N–H and O–H groups in total. The fraction of sp³-hybridized carbons (Fsp3) is 0.419. The van der Waals surface area contributed by atoms with E-state index in [0.29, 0.717) is 16.1 Å². The van der Waals surface area contributed by atoms with E-state index in [1.54, 1.807) is 24.3 Å². The van der Waals surface area contributed by atoms with Crippen LogP contribution in [-0.2, 0) is 11.3 Å². The van der Waals surface area contributed by atoms with E-state index in [0.717, 1.165) is 69.3 Å². The van der Waals surface area contributed by atoms with Crippen LogP contribution in [0.25, 0.3) is 0 Å². The Labute approximate surface area is 254 Å². The molecule has 2 fully saturated rings.